The summed E-state index contributed by atoms with van der Waals surface area (Å²) in [4.78, 5) is 6.43. The molecule has 0 saturated carbocycles. The lowest BCUT2D eigenvalue weighted by molar-refractivity contribution is 0.698. The molecule has 2 heterocycles. The highest BCUT2D eigenvalue weighted by molar-refractivity contribution is 7.99. The van der Waals surface area contributed by atoms with Gasteiger partial charge >= 0.3 is 0 Å². The van der Waals surface area contributed by atoms with E-state index in [1.165, 1.54) is 0 Å². The monoisotopic (exact) mass is 236 g/mol. The first-order valence-corrected chi connectivity index (χ1v) is 6.48. The molecule has 16 heavy (non-hydrogen) atoms. The Morgan fingerprint density at radius 2 is 2.50 bits per heavy atom. The second-order valence-electron chi connectivity index (χ2n) is 3.92. The minimum Gasteiger partial charge on any atom is -0.384 e. The molecule has 0 bridgehead atoms. The van der Waals surface area contributed by atoms with Gasteiger partial charge in [-0.3, -0.25) is 10.4 Å². The molecule has 1 saturated heterocycles. The van der Waals surface area contributed by atoms with Gasteiger partial charge in [-0.2, -0.15) is 11.8 Å². The topological polar surface area (TPSA) is 66.0 Å². The quantitative estimate of drug-likeness (QED) is 0.600. The van der Waals surface area contributed by atoms with Crippen molar-refractivity contribution in [3.05, 3.63) is 24.0 Å². The molecule has 0 amide bonds. The Morgan fingerprint density at radius 3 is 3.19 bits per heavy atom. The minimum absolute atomic E-state index is 0.114. The van der Waals surface area contributed by atoms with Crippen molar-refractivity contribution in [2.45, 2.75) is 13.0 Å². The van der Waals surface area contributed by atoms with Gasteiger partial charge in [-0.25, -0.2) is 0 Å². The van der Waals surface area contributed by atoms with Crippen LogP contribution in [0.25, 0.3) is 0 Å². The molecule has 1 aliphatic heterocycles. The summed E-state index contributed by atoms with van der Waals surface area (Å²) in [6.07, 6.45) is 3.49. The fraction of sp³-hybridized carbons (Fsp3) is 0.455. The molecule has 1 atom stereocenters. The number of nitrogens with two attached hydrogens (primary N) is 1. The lowest BCUT2D eigenvalue weighted by Gasteiger charge is -2.35. The number of nitrogens with zero attached hydrogens (tertiary/aromatic N) is 2. The van der Waals surface area contributed by atoms with Crippen molar-refractivity contribution in [2.24, 2.45) is 5.73 Å². The van der Waals surface area contributed by atoms with Crippen LogP contribution in [0.2, 0.25) is 0 Å². The number of nitrogens with one attached hydrogen (secondary N) is 1. The first-order valence-electron chi connectivity index (χ1n) is 5.33. The number of rotatable bonds is 2. The molecule has 1 fully saturated rings. The van der Waals surface area contributed by atoms with Gasteiger partial charge in [-0.05, 0) is 13.0 Å². The van der Waals surface area contributed by atoms with Gasteiger partial charge in [0.2, 0.25) is 0 Å². The van der Waals surface area contributed by atoms with E-state index in [1.54, 1.807) is 6.20 Å². The molecule has 0 spiro atoms. The number of aromatic nitrogens is 1. The number of amidine groups is 1. The summed E-state index contributed by atoms with van der Waals surface area (Å²) in [5.41, 5.74) is 7.36. The van der Waals surface area contributed by atoms with Crippen molar-refractivity contribution in [3.63, 3.8) is 0 Å². The fourth-order valence-corrected chi connectivity index (χ4v) is 2.94. The van der Waals surface area contributed by atoms with Crippen LogP contribution in [0, 0.1) is 5.41 Å². The predicted octanol–water partition coefficient (Wildman–Crippen LogP) is 1.31. The molecule has 2 rings (SSSR count). The molecule has 86 valence electrons. The first kappa shape index (κ1) is 11.3. The molecular formula is C11H16N4S. The highest BCUT2D eigenvalue weighted by atomic mass is 32.2. The minimum atomic E-state index is 0.114. The predicted molar refractivity (Wildman–Crippen MR) is 69.4 cm³/mol. The second kappa shape index (κ2) is 4.74. The lowest BCUT2D eigenvalue weighted by atomic mass is 10.1. The number of hydrogen-bond acceptors (Lipinski definition) is 4. The number of thioether (sulfide) groups is 1. The van der Waals surface area contributed by atoms with Gasteiger partial charge in [-0.15, -0.1) is 0 Å². The van der Waals surface area contributed by atoms with Crippen LogP contribution in [0.3, 0.4) is 0 Å². The van der Waals surface area contributed by atoms with Crippen molar-refractivity contribution in [2.75, 3.05) is 23.0 Å². The Kier molecular flexibility index (Phi) is 3.33. The second-order valence-corrected chi connectivity index (χ2v) is 5.07. The Balaban J connectivity index is 2.34. The van der Waals surface area contributed by atoms with Crippen molar-refractivity contribution in [1.29, 1.82) is 5.41 Å². The third-order valence-corrected chi connectivity index (χ3v) is 3.96. The molecule has 3 N–H and O–H groups in total. The summed E-state index contributed by atoms with van der Waals surface area (Å²) >= 11 is 1.97. The van der Waals surface area contributed by atoms with Crippen LogP contribution in [0.4, 0.5) is 5.69 Å². The number of hydrogen-bond donors (Lipinski definition) is 2. The molecule has 5 heteroatoms. The van der Waals surface area contributed by atoms with Crippen LogP contribution < -0.4 is 10.6 Å². The third-order valence-electron chi connectivity index (χ3n) is 2.77. The average Bonchev–Trinajstić information content (AvgIpc) is 2.29. The largest absolute Gasteiger partial charge is 0.384 e. The van der Waals surface area contributed by atoms with Crippen LogP contribution >= 0.6 is 11.8 Å². The summed E-state index contributed by atoms with van der Waals surface area (Å²) < 4.78 is 0. The lowest BCUT2D eigenvalue weighted by Crippen LogP contribution is -2.41. The van der Waals surface area contributed by atoms with E-state index in [0.29, 0.717) is 6.04 Å². The van der Waals surface area contributed by atoms with E-state index in [0.717, 1.165) is 29.3 Å². The average molecular weight is 236 g/mol. The van der Waals surface area contributed by atoms with Crippen molar-refractivity contribution < 1.29 is 0 Å². The molecule has 0 aliphatic carbocycles. The van der Waals surface area contributed by atoms with Crippen LogP contribution in [-0.2, 0) is 0 Å². The number of nitrogen functional groups attached to an aromatic ring is 1. The maximum atomic E-state index is 7.58. The van der Waals surface area contributed by atoms with Crippen LogP contribution in [-0.4, -0.2) is 34.9 Å². The standard InChI is InChI=1S/C11H16N4S/c1-8-7-16-5-4-15(8)10-6-14-3-2-9(10)11(12)13/h2-3,6,8H,4-5,7H2,1H3,(H3,12,13). The maximum absolute atomic E-state index is 7.58. The van der Waals surface area contributed by atoms with Gasteiger partial charge in [-0.1, -0.05) is 0 Å². The van der Waals surface area contributed by atoms with Gasteiger partial charge in [0.25, 0.3) is 0 Å². The van der Waals surface area contributed by atoms with Crippen LogP contribution in [0.5, 0.6) is 0 Å². The Hall–Kier alpha value is -1.23. The van der Waals surface area contributed by atoms with Gasteiger partial charge in [0.05, 0.1) is 11.9 Å². The maximum Gasteiger partial charge on any atom is 0.125 e. The van der Waals surface area contributed by atoms with E-state index in [4.69, 9.17) is 11.1 Å². The van der Waals surface area contributed by atoms with Crippen LogP contribution in [0.1, 0.15) is 12.5 Å². The molecule has 0 aromatic carbocycles. The normalized spacial score (nSPS) is 20.8. The zero-order chi connectivity index (χ0) is 11.5. The van der Waals surface area contributed by atoms with E-state index in [-0.39, 0.29) is 5.84 Å². The highest BCUT2D eigenvalue weighted by Gasteiger charge is 2.21. The third kappa shape index (κ3) is 2.14. The summed E-state index contributed by atoms with van der Waals surface area (Å²) in [5.74, 6) is 2.35. The summed E-state index contributed by atoms with van der Waals surface area (Å²) in [5, 5.41) is 7.58. The smallest absolute Gasteiger partial charge is 0.125 e. The zero-order valence-electron chi connectivity index (χ0n) is 9.31. The summed E-state index contributed by atoms with van der Waals surface area (Å²) in [6.45, 7) is 3.20. The fourth-order valence-electron chi connectivity index (χ4n) is 1.93. The van der Waals surface area contributed by atoms with Crippen LogP contribution in [0.15, 0.2) is 18.5 Å². The van der Waals surface area contributed by atoms with E-state index in [9.17, 15) is 0 Å². The highest BCUT2D eigenvalue weighted by Crippen LogP contribution is 2.26. The molecule has 1 aliphatic rings. The van der Waals surface area contributed by atoms with E-state index < -0.39 is 0 Å². The molecule has 1 unspecified atom stereocenters. The molecule has 1 aromatic rings. The van der Waals surface area contributed by atoms with Gasteiger partial charge < -0.3 is 10.6 Å². The van der Waals surface area contributed by atoms with E-state index >= 15 is 0 Å². The molecule has 0 radical (unpaired) electrons. The summed E-state index contributed by atoms with van der Waals surface area (Å²) in [6, 6.07) is 2.28. The van der Waals surface area contributed by atoms with E-state index in [2.05, 4.69) is 16.8 Å². The van der Waals surface area contributed by atoms with Crippen molar-refractivity contribution in [3.8, 4) is 0 Å². The van der Waals surface area contributed by atoms with Gasteiger partial charge in [0, 0.05) is 35.9 Å². The summed E-state index contributed by atoms with van der Waals surface area (Å²) in [7, 11) is 0. The van der Waals surface area contributed by atoms with Gasteiger partial charge in [0.1, 0.15) is 5.84 Å². The zero-order valence-corrected chi connectivity index (χ0v) is 10.1. The number of anilines is 1. The Bertz CT molecular complexity index is 393. The Morgan fingerprint density at radius 1 is 1.69 bits per heavy atom. The Labute approximate surface area is 99.7 Å². The number of pyridine rings is 1. The van der Waals surface area contributed by atoms with Crippen molar-refractivity contribution in [1.82, 2.24) is 4.98 Å². The molecule has 4 nitrogen and oxygen atoms in total. The SMILES string of the molecule is CC1CSCCN1c1cnccc1C(=N)N. The van der Waals surface area contributed by atoms with Gasteiger partial charge in [0.15, 0.2) is 0 Å². The van der Waals surface area contributed by atoms with E-state index in [1.807, 2.05) is 24.0 Å². The van der Waals surface area contributed by atoms with Crippen molar-refractivity contribution >= 4 is 23.3 Å². The molecule has 1 aromatic heterocycles. The first-order chi connectivity index (χ1) is 7.70. The molecular weight excluding hydrogens is 220 g/mol.